The molecule has 0 aliphatic rings. The molecule has 2 aromatic carbocycles. The molecule has 1 aromatic heterocycles. The van der Waals surface area contributed by atoms with Crippen LogP contribution in [0.3, 0.4) is 0 Å². The fourth-order valence-corrected chi connectivity index (χ4v) is 2.74. The number of ether oxygens (including phenoxy) is 2. The van der Waals surface area contributed by atoms with Gasteiger partial charge in [0.1, 0.15) is 23.8 Å². The molecule has 0 saturated carbocycles. The van der Waals surface area contributed by atoms with Gasteiger partial charge in [0.15, 0.2) is 0 Å². The van der Waals surface area contributed by atoms with Crippen LogP contribution in [0.2, 0.25) is 0 Å². The standard InChI is InChI=1S/C16H15BrN2O2/c1-19-15-6-4-3-5-12(15)14(18-19)10-21-16-8-7-11(20-2)9-13(16)17/h3-9H,10H2,1-2H3. The minimum absolute atomic E-state index is 0.423. The number of aromatic nitrogens is 2. The SMILES string of the molecule is COc1ccc(OCc2nn(C)c3ccccc23)c(Br)c1. The Morgan fingerprint density at radius 2 is 2.00 bits per heavy atom. The van der Waals surface area contributed by atoms with Crippen LogP contribution in [0.5, 0.6) is 11.5 Å². The van der Waals surface area contributed by atoms with Gasteiger partial charge in [0.05, 0.1) is 17.1 Å². The fourth-order valence-electron chi connectivity index (χ4n) is 2.27. The number of rotatable bonds is 4. The lowest BCUT2D eigenvalue weighted by Gasteiger charge is -2.08. The quantitative estimate of drug-likeness (QED) is 0.718. The lowest BCUT2D eigenvalue weighted by Crippen LogP contribution is -1.99. The molecule has 4 nitrogen and oxygen atoms in total. The third kappa shape index (κ3) is 2.74. The van der Waals surface area contributed by atoms with Crippen LogP contribution in [0, 0.1) is 0 Å². The summed E-state index contributed by atoms with van der Waals surface area (Å²) in [7, 11) is 3.58. The molecule has 3 aromatic rings. The van der Waals surface area contributed by atoms with Crippen molar-refractivity contribution < 1.29 is 9.47 Å². The molecule has 0 atom stereocenters. The summed E-state index contributed by atoms with van der Waals surface area (Å²) in [6.45, 7) is 0.423. The lowest BCUT2D eigenvalue weighted by atomic mass is 10.2. The smallest absolute Gasteiger partial charge is 0.134 e. The van der Waals surface area contributed by atoms with E-state index in [1.165, 1.54) is 0 Å². The van der Waals surface area contributed by atoms with Crippen LogP contribution < -0.4 is 9.47 Å². The molecule has 0 unspecified atom stereocenters. The topological polar surface area (TPSA) is 36.3 Å². The van der Waals surface area contributed by atoms with Gasteiger partial charge in [0.25, 0.3) is 0 Å². The maximum Gasteiger partial charge on any atom is 0.134 e. The van der Waals surface area contributed by atoms with E-state index in [1.807, 2.05) is 42.1 Å². The average Bonchev–Trinajstić information content (AvgIpc) is 2.83. The second-order valence-corrected chi connectivity index (χ2v) is 5.53. The highest BCUT2D eigenvalue weighted by molar-refractivity contribution is 9.10. The van der Waals surface area contributed by atoms with Crippen molar-refractivity contribution in [2.45, 2.75) is 6.61 Å². The first kappa shape index (κ1) is 13.9. The second-order valence-electron chi connectivity index (χ2n) is 4.67. The Balaban J connectivity index is 1.84. The van der Waals surface area contributed by atoms with E-state index in [2.05, 4.69) is 33.2 Å². The van der Waals surface area contributed by atoms with Gasteiger partial charge >= 0.3 is 0 Å². The summed E-state index contributed by atoms with van der Waals surface area (Å²) in [5.74, 6) is 1.56. The second kappa shape index (κ2) is 5.77. The van der Waals surface area contributed by atoms with Gasteiger partial charge in [-0.3, -0.25) is 4.68 Å². The Hall–Kier alpha value is -2.01. The van der Waals surface area contributed by atoms with E-state index in [4.69, 9.17) is 9.47 Å². The van der Waals surface area contributed by atoms with Crippen LogP contribution in [0.15, 0.2) is 46.9 Å². The molecule has 0 bridgehead atoms. The summed E-state index contributed by atoms with van der Waals surface area (Å²) in [4.78, 5) is 0. The van der Waals surface area contributed by atoms with Gasteiger partial charge in [-0.1, -0.05) is 18.2 Å². The molecule has 0 aliphatic heterocycles. The normalized spacial score (nSPS) is 10.8. The molecule has 0 N–H and O–H groups in total. The Kier molecular flexibility index (Phi) is 3.84. The highest BCUT2D eigenvalue weighted by Gasteiger charge is 2.10. The molecule has 0 fully saturated rings. The van der Waals surface area contributed by atoms with Gasteiger partial charge in [0.2, 0.25) is 0 Å². The van der Waals surface area contributed by atoms with Crippen LogP contribution in [0.4, 0.5) is 0 Å². The van der Waals surface area contributed by atoms with Crippen molar-refractivity contribution in [3.05, 3.63) is 52.6 Å². The number of nitrogens with zero attached hydrogens (tertiary/aromatic N) is 2. The number of para-hydroxylation sites is 1. The molecule has 0 aliphatic carbocycles. The highest BCUT2D eigenvalue weighted by Crippen LogP contribution is 2.30. The van der Waals surface area contributed by atoms with Crippen LogP contribution >= 0.6 is 15.9 Å². The van der Waals surface area contributed by atoms with E-state index in [0.717, 1.165) is 32.6 Å². The van der Waals surface area contributed by atoms with Crippen molar-refractivity contribution in [2.24, 2.45) is 7.05 Å². The van der Waals surface area contributed by atoms with Crippen molar-refractivity contribution in [3.8, 4) is 11.5 Å². The third-order valence-corrected chi connectivity index (χ3v) is 3.96. The maximum atomic E-state index is 5.87. The summed E-state index contributed by atoms with van der Waals surface area (Å²) in [6, 6.07) is 13.8. The number of hydrogen-bond donors (Lipinski definition) is 0. The van der Waals surface area contributed by atoms with Crippen LogP contribution in [-0.4, -0.2) is 16.9 Å². The summed E-state index contributed by atoms with van der Waals surface area (Å²) in [5.41, 5.74) is 2.03. The van der Waals surface area contributed by atoms with Crippen molar-refractivity contribution in [1.82, 2.24) is 9.78 Å². The molecular formula is C16H15BrN2O2. The predicted octanol–water partition coefficient (Wildman–Crippen LogP) is 3.92. The fraction of sp³-hybridized carbons (Fsp3) is 0.188. The number of halogens is 1. The van der Waals surface area contributed by atoms with Crippen LogP contribution in [-0.2, 0) is 13.7 Å². The molecule has 21 heavy (non-hydrogen) atoms. The molecular weight excluding hydrogens is 332 g/mol. The monoisotopic (exact) mass is 346 g/mol. The van der Waals surface area contributed by atoms with E-state index >= 15 is 0 Å². The van der Waals surface area contributed by atoms with Crippen molar-refractivity contribution >= 4 is 26.8 Å². The number of benzene rings is 2. The molecule has 0 amide bonds. The largest absolute Gasteiger partial charge is 0.497 e. The minimum Gasteiger partial charge on any atom is -0.497 e. The summed E-state index contributed by atoms with van der Waals surface area (Å²) >= 11 is 3.49. The maximum absolute atomic E-state index is 5.87. The Bertz CT molecular complexity index is 783. The van der Waals surface area contributed by atoms with E-state index in [9.17, 15) is 0 Å². The first-order chi connectivity index (χ1) is 10.2. The number of fused-ring (bicyclic) bond motifs is 1. The average molecular weight is 347 g/mol. The predicted molar refractivity (Wildman–Crippen MR) is 85.7 cm³/mol. The van der Waals surface area contributed by atoms with E-state index in [-0.39, 0.29) is 0 Å². The van der Waals surface area contributed by atoms with Gasteiger partial charge in [-0.2, -0.15) is 5.10 Å². The highest BCUT2D eigenvalue weighted by atomic mass is 79.9. The van der Waals surface area contributed by atoms with Crippen LogP contribution in [0.25, 0.3) is 10.9 Å². The van der Waals surface area contributed by atoms with Gasteiger partial charge < -0.3 is 9.47 Å². The zero-order valence-electron chi connectivity index (χ0n) is 11.8. The Morgan fingerprint density at radius 1 is 1.19 bits per heavy atom. The summed E-state index contributed by atoms with van der Waals surface area (Å²) in [6.07, 6.45) is 0. The molecule has 5 heteroatoms. The Labute approximate surface area is 131 Å². The van der Waals surface area contributed by atoms with E-state index < -0.39 is 0 Å². The molecule has 3 rings (SSSR count). The Morgan fingerprint density at radius 3 is 2.76 bits per heavy atom. The number of hydrogen-bond acceptors (Lipinski definition) is 3. The minimum atomic E-state index is 0.423. The van der Waals surface area contributed by atoms with Crippen molar-refractivity contribution in [1.29, 1.82) is 0 Å². The van der Waals surface area contributed by atoms with Crippen molar-refractivity contribution in [3.63, 3.8) is 0 Å². The first-order valence-corrected chi connectivity index (χ1v) is 7.35. The molecule has 0 spiro atoms. The molecule has 108 valence electrons. The molecule has 1 heterocycles. The van der Waals surface area contributed by atoms with Gasteiger partial charge in [-0.05, 0) is 40.2 Å². The molecule has 0 radical (unpaired) electrons. The van der Waals surface area contributed by atoms with Crippen LogP contribution in [0.1, 0.15) is 5.69 Å². The first-order valence-electron chi connectivity index (χ1n) is 6.56. The number of aryl methyl sites for hydroxylation is 1. The van der Waals surface area contributed by atoms with Gasteiger partial charge in [-0.15, -0.1) is 0 Å². The van der Waals surface area contributed by atoms with E-state index in [0.29, 0.717) is 6.61 Å². The lowest BCUT2D eigenvalue weighted by molar-refractivity contribution is 0.298. The number of methoxy groups -OCH3 is 1. The zero-order chi connectivity index (χ0) is 14.8. The van der Waals surface area contributed by atoms with Gasteiger partial charge in [0, 0.05) is 12.4 Å². The third-order valence-electron chi connectivity index (χ3n) is 3.34. The summed E-state index contributed by atoms with van der Waals surface area (Å²) in [5, 5.41) is 5.64. The van der Waals surface area contributed by atoms with Gasteiger partial charge in [-0.25, -0.2) is 0 Å². The van der Waals surface area contributed by atoms with E-state index in [1.54, 1.807) is 7.11 Å². The molecule has 0 saturated heterocycles. The zero-order valence-corrected chi connectivity index (χ0v) is 13.4. The summed E-state index contributed by atoms with van der Waals surface area (Å²) < 4.78 is 13.8. The van der Waals surface area contributed by atoms with Crippen molar-refractivity contribution in [2.75, 3.05) is 7.11 Å².